The first-order valence-electron chi connectivity index (χ1n) is 6.31. The van der Waals surface area contributed by atoms with E-state index in [4.69, 9.17) is 5.73 Å². The Morgan fingerprint density at radius 2 is 1.90 bits per heavy atom. The monoisotopic (exact) mass is 267 g/mol. The smallest absolute Gasteiger partial charge is 0.146 e. The van der Waals surface area contributed by atoms with Gasteiger partial charge in [-0.3, -0.25) is 4.98 Å². The van der Waals surface area contributed by atoms with Crippen molar-refractivity contribution in [3.05, 3.63) is 60.0 Å². The number of benzene rings is 2. The van der Waals surface area contributed by atoms with Crippen molar-refractivity contribution in [3.63, 3.8) is 0 Å². The Bertz CT molecular complexity index is 784. The summed E-state index contributed by atoms with van der Waals surface area (Å²) in [5, 5.41) is 3.97. The van der Waals surface area contributed by atoms with Gasteiger partial charge in [-0.25, -0.2) is 4.39 Å². The molecular weight excluding hydrogens is 253 g/mol. The zero-order valence-electron chi connectivity index (χ0n) is 11.0. The molecule has 0 radical (unpaired) electrons. The Labute approximate surface area is 116 Å². The van der Waals surface area contributed by atoms with E-state index in [1.807, 2.05) is 31.2 Å². The first-order chi connectivity index (χ1) is 9.65. The van der Waals surface area contributed by atoms with E-state index >= 15 is 0 Å². The molecule has 3 aromatic rings. The van der Waals surface area contributed by atoms with Crippen LogP contribution in [0.3, 0.4) is 0 Å². The number of anilines is 3. The fourth-order valence-corrected chi connectivity index (χ4v) is 2.17. The average molecular weight is 267 g/mol. The minimum Gasteiger partial charge on any atom is -0.397 e. The third-order valence-electron chi connectivity index (χ3n) is 3.19. The van der Waals surface area contributed by atoms with Gasteiger partial charge in [0.05, 0.1) is 16.9 Å². The molecule has 0 unspecified atom stereocenters. The molecule has 0 saturated heterocycles. The number of halogens is 1. The van der Waals surface area contributed by atoms with Crippen LogP contribution >= 0.6 is 0 Å². The summed E-state index contributed by atoms with van der Waals surface area (Å²) in [6.45, 7) is 1.86. The molecule has 0 bridgehead atoms. The number of hydrogen-bond acceptors (Lipinski definition) is 3. The lowest BCUT2D eigenvalue weighted by Gasteiger charge is -2.11. The maximum Gasteiger partial charge on any atom is 0.146 e. The molecule has 0 aliphatic carbocycles. The van der Waals surface area contributed by atoms with Crippen molar-refractivity contribution in [2.24, 2.45) is 0 Å². The zero-order chi connectivity index (χ0) is 14.1. The standard InChI is InChI=1S/C16H14FN3/c1-10-4-6-15(12(17)9-10)20-14-7-5-13(18)16-11(14)3-2-8-19-16/h2-9,20H,18H2,1H3. The van der Waals surface area contributed by atoms with Crippen LogP contribution in [0.2, 0.25) is 0 Å². The Kier molecular flexibility index (Phi) is 2.99. The van der Waals surface area contributed by atoms with Gasteiger partial charge in [-0.05, 0) is 48.9 Å². The lowest BCUT2D eigenvalue weighted by molar-refractivity contribution is 0.631. The van der Waals surface area contributed by atoms with Gasteiger partial charge in [-0.1, -0.05) is 6.07 Å². The summed E-state index contributed by atoms with van der Waals surface area (Å²) < 4.78 is 13.9. The highest BCUT2D eigenvalue weighted by atomic mass is 19.1. The number of pyridine rings is 1. The third-order valence-corrected chi connectivity index (χ3v) is 3.19. The normalized spacial score (nSPS) is 10.7. The van der Waals surface area contributed by atoms with Gasteiger partial charge in [0.15, 0.2) is 0 Å². The van der Waals surface area contributed by atoms with Crippen LogP contribution in [0.5, 0.6) is 0 Å². The molecule has 0 atom stereocenters. The lowest BCUT2D eigenvalue weighted by Crippen LogP contribution is -1.97. The second kappa shape index (κ2) is 4.81. The van der Waals surface area contributed by atoms with Gasteiger partial charge in [0.2, 0.25) is 0 Å². The molecule has 100 valence electrons. The molecule has 20 heavy (non-hydrogen) atoms. The molecule has 3 rings (SSSR count). The number of aryl methyl sites for hydroxylation is 1. The number of nitrogens with two attached hydrogens (primary N) is 1. The van der Waals surface area contributed by atoms with Gasteiger partial charge in [0.25, 0.3) is 0 Å². The van der Waals surface area contributed by atoms with Crippen LogP contribution in [-0.4, -0.2) is 4.98 Å². The highest BCUT2D eigenvalue weighted by Crippen LogP contribution is 2.29. The Morgan fingerprint density at radius 3 is 2.70 bits per heavy atom. The molecule has 3 N–H and O–H groups in total. The van der Waals surface area contributed by atoms with Gasteiger partial charge < -0.3 is 11.1 Å². The number of hydrogen-bond donors (Lipinski definition) is 2. The van der Waals surface area contributed by atoms with Crippen LogP contribution in [-0.2, 0) is 0 Å². The molecule has 2 aromatic carbocycles. The van der Waals surface area contributed by atoms with Gasteiger partial charge >= 0.3 is 0 Å². The Hall–Kier alpha value is -2.62. The predicted octanol–water partition coefficient (Wildman–Crippen LogP) is 4.01. The maximum absolute atomic E-state index is 13.9. The van der Waals surface area contributed by atoms with Crippen LogP contribution in [0.25, 0.3) is 10.9 Å². The van der Waals surface area contributed by atoms with Crippen LogP contribution < -0.4 is 11.1 Å². The van der Waals surface area contributed by atoms with E-state index in [0.717, 1.165) is 16.6 Å². The number of aromatic nitrogens is 1. The zero-order valence-corrected chi connectivity index (χ0v) is 11.0. The van der Waals surface area contributed by atoms with Gasteiger partial charge in [-0.15, -0.1) is 0 Å². The first kappa shape index (κ1) is 12.4. The third kappa shape index (κ3) is 2.16. The number of rotatable bonds is 2. The van der Waals surface area contributed by atoms with E-state index in [-0.39, 0.29) is 5.82 Å². The van der Waals surface area contributed by atoms with Gasteiger partial charge in [0.1, 0.15) is 5.82 Å². The van der Waals surface area contributed by atoms with Crippen LogP contribution in [0.1, 0.15) is 5.56 Å². The van der Waals surface area contributed by atoms with Crippen molar-refractivity contribution >= 4 is 28.0 Å². The van der Waals surface area contributed by atoms with Crippen LogP contribution in [0.15, 0.2) is 48.7 Å². The second-order valence-corrected chi connectivity index (χ2v) is 4.71. The second-order valence-electron chi connectivity index (χ2n) is 4.71. The lowest BCUT2D eigenvalue weighted by atomic mass is 10.1. The molecule has 1 aromatic heterocycles. The van der Waals surface area contributed by atoms with Crippen LogP contribution in [0, 0.1) is 12.7 Å². The summed E-state index contributed by atoms with van der Waals surface area (Å²) in [6, 6.07) is 12.4. The van der Waals surface area contributed by atoms with Crippen molar-refractivity contribution in [1.29, 1.82) is 0 Å². The SMILES string of the molecule is Cc1ccc(Nc2ccc(N)c3ncccc23)c(F)c1. The summed E-state index contributed by atoms with van der Waals surface area (Å²) in [4.78, 5) is 4.26. The highest BCUT2D eigenvalue weighted by molar-refractivity contribution is 5.99. The summed E-state index contributed by atoms with van der Waals surface area (Å²) in [5.41, 5.74) is 9.33. The molecule has 1 heterocycles. The largest absolute Gasteiger partial charge is 0.397 e. The minimum absolute atomic E-state index is 0.279. The van der Waals surface area contributed by atoms with Crippen molar-refractivity contribution in [3.8, 4) is 0 Å². The van der Waals surface area contributed by atoms with Crippen molar-refractivity contribution in [2.45, 2.75) is 6.92 Å². The average Bonchev–Trinajstić information content (AvgIpc) is 2.45. The highest BCUT2D eigenvalue weighted by Gasteiger charge is 2.07. The predicted molar refractivity (Wildman–Crippen MR) is 80.6 cm³/mol. The molecule has 0 aliphatic heterocycles. The fraction of sp³-hybridized carbons (Fsp3) is 0.0625. The maximum atomic E-state index is 13.9. The molecule has 0 saturated carbocycles. The topological polar surface area (TPSA) is 50.9 Å². The molecular formula is C16H14FN3. The summed E-state index contributed by atoms with van der Waals surface area (Å²) in [6.07, 6.45) is 1.69. The van der Waals surface area contributed by atoms with Crippen molar-refractivity contribution in [1.82, 2.24) is 4.98 Å². The molecule has 0 aliphatic rings. The van der Waals surface area contributed by atoms with E-state index in [1.54, 1.807) is 18.3 Å². The molecule has 4 heteroatoms. The molecule has 0 amide bonds. The van der Waals surface area contributed by atoms with Crippen LogP contribution in [0.4, 0.5) is 21.5 Å². The summed E-state index contributed by atoms with van der Waals surface area (Å²) >= 11 is 0. The summed E-state index contributed by atoms with van der Waals surface area (Å²) in [5.74, 6) is -0.279. The van der Waals surface area contributed by atoms with E-state index < -0.39 is 0 Å². The van der Waals surface area contributed by atoms with E-state index in [2.05, 4.69) is 10.3 Å². The van der Waals surface area contributed by atoms with Gasteiger partial charge in [-0.2, -0.15) is 0 Å². The van der Waals surface area contributed by atoms with Crippen molar-refractivity contribution < 1.29 is 4.39 Å². The fourth-order valence-electron chi connectivity index (χ4n) is 2.17. The molecule has 3 nitrogen and oxygen atoms in total. The Balaban J connectivity index is 2.09. The Morgan fingerprint density at radius 1 is 1.10 bits per heavy atom. The van der Waals surface area contributed by atoms with Crippen molar-refractivity contribution in [2.75, 3.05) is 11.1 Å². The minimum atomic E-state index is -0.279. The first-order valence-corrected chi connectivity index (χ1v) is 6.31. The van der Waals surface area contributed by atoms with E-state index in [0.29, 0.717) is 16.9 Å². The molecule has 0 spiro atoms. The number of fused-ring (bicyclic) bond motifs is 1. The quantitative estimate of drug-likeness (QED) is 0.690. The number of nitrogen functional groups attached to an aromatic ring is 1. The van der Waals surface area contributed by atoms with E-state index in [1.165, 1.54) is 6.07 Å². The number of nitrogens with one attached hydrogen (secondary N) is 1. The van der Waals surface area contributed by atoms with Gasteiger partial charge in [0, 0.05) is 17.3 Å². The summed E-state index contributed by atoms with van der Waals surface area (Å²) in [7, 11) is 0. The number of nitrogens with zero attached hydrogens (tertiary/aromatic N) is 1. The molecule has 0 fully saturated rings. The van der Waals surface area contributed by atoms with E-state index in [9.17, 15) is 4.39 Å².